The predicted octanol–water partition coefficient (Wildman–Crippen LogP) is 9.65. The second-order valence-corrected chi connectivity index (χ2v) is 9.24. The molecule has 7 aromatic rings. The van der Waals surface area contributed by atoms with Crippen LogP contribution in [0.3, 0.4) is 0 Å². The smallest absolute Gasteiger partial charge is 0.135 e. The average molecular weight is 474 g/mol. The van der Waals surface area contributed by atoms with Crippen molar-refractivity contribution in [3.63, 3.8) is 0 Å². The van der Waals surface area contributed by atoms with E-state index in [4.69, 9.17) is 9.40 Å². The molecule has 0 N–H and O–H groups in total. The van der Waals surface area contributed by atoms with E-state index < -0.39 is 0 Å². The van der Waals surface area contributed by atoms with Crippen LogP contribution >= 0.6 is 0 Å². The quantitative estimate of drug-likeness (QED) is 0.254. The fraction of sp³-hybridized carbons (Fsp3) is 0. The zero-order valence-electron chi connectivity index (χ0n) is 20.1. The average Bonchev–Trinajstić information content (AvgIpc) is 3.36. The summed E-state index contributed by atoms with van der Waals surface area (Å²) < 4.78 is 6.01. The van der Waals surface area contributed by atoms with E-state index in [0.717, 1.165) is 55.6 Å². The summed E-state index contributed by atoms with van der Waals surface area (Å²) in [7, 11) is 0. The van der Waals surface area contributed by atoms with Crippen molar-refractivity contribution in [3.05, 3.63) is 140 Å². The summed E-state index contributed by atoms with van der Waals surface area (Å²) in [6, 6.07) is 48.5. The SMILES string of the molecule is c1ccc(-c2cc(-c3ccc(-c4ccc5oc6ccccc6c5c4)cc3)cc(-c3ccccc3)n2)cc1. The first kappa shape index (κ1) is 21.3. The minimum atomic E-state index is 0.917. The summed E-state index contributed by atoms with van der Waals surface area (Å²) >= 11 is 0. The molecule has 0 aliphatic heterocycles. The maximum absolute atomic E-state index is 6.01. The Labute approximate surface area is 215 Å². The molecule has 0 bridgehead atoms. The summed E-state index contributed by atoms with van der Waals surface area (Å²) in [4.78, 5) is 5.00. The highest BCUT2D eigenvalue weighted by atomic mass is 16.3. The molecule has 0 spiro atoms. The number of para-hydroxylation sites is 1. The van der Waals surface area contributed by atoms with Crippen molar-refractivity contribution < 1.29 is 4.42 Å². The lowest BCUT2D eigenvalue weighted by atomic mass is 9.97. The molecule has 0 aliphatic carbocycles. The van der Waals surface area contributed by atoms with Crippen molar-refractivity contribution in [3.8, 4) is 44.8 Å². The van der Waals surface area contributed by atoms with Crippen LogP contribution in [0.2, 0.25) is 0 Å². The molecule has 7 rings (SSSR count). The molecule has 0 atom stereocenters. The molecular formula is C35H23NO. The Bertz CT molecular complexity index is 1790. The van der Waals surface area contributed by atoms with Gasteiger partial charge in [-0.1, -0.05) is 109 Å². The first-order valence-electron chi connectivity index (χ1n) is 12.5. The van der Waals surface area contributed by atoms with Crippen LogP contribution in [0, 0.1) is 0 Å². The molecule has 0 saturated carbocycles. The van der Waals surface area contributed by atoms with E-state index in [1.165, 1.54) is 11.1 Å². The Hall–Kier alpha value is -4.95. The highest BCUT2D eigenvalue weighted by molar-refractivity contribution is 6.06. The van der Waals surface area contributed by atoms with Crippen LogP contribution in [0.15, 0.2) is 144 Å². The number of nitrogens with zero attached hydrogens (tertiary/aromatic N) is 1. The summed E-state index contributed by atoms with van der Waals surface area (Å²) in [5, 5.41) is 2.29. The fourth-order valence-electron chi connectivity index (χ4n) is 4.97. The minimum Gasteiger partial charge on any atom is -0.456 e. The van der Waals surface area contributed by atoms with Gasteiger partial charge in [0.2, 0.25) is 0 Å². The van der Waals surface area contributed by atoms with Crippen molar-refractivity contribution in [1.29, 1.82) is 0 Å². The molecule has 2 nitrogen and oxygen atoms in total. The predicted molar refractivity (Wildman–Crippen MR) is 153 cm³/mol. The maximum Gasteiger partial charge on any atom is 0.135 e. The molecule has 0 unspecified atom stereocenters. The van der Waals surface area contributed by atoms with Gasteiger partial charge in [0.25, 0.3) is 0 Å². The van der Waals surface area contributed by atoms with Crippen molar-refractivity contribution in [1.82, 2.24) is 4.98 Å². The van der Waals surface area contributed by atoms with E-state index in [1.807, 2.05) is 24.3 Å². The number of furan rings is 1. The van der Waals surface area contributed by atoms with Crippen LogP contribution in [-0.4, -0.2) is 4.98 Å². The molecule has 0 radical (unpaired) electrons. The second kappa shape index (κ2) is 8.92. The van der Waals surface area contributed by atoms with E-state index in [2.05, 4.69) is 115 Å². The fourth-order valence-corrected chi connectivity index (χ4v) is 4.97. The van der Waals surface area contributed by atoms with Crippen LogP contribution in [-0.2, 0) is 0 Å². The van der Waals surface area contributed by atoms with E-state index >= 15 is 0 Å². The molecule has 2 heteroatoms. The van der Waals surface area contributed by atoms with Crippen LogP contribution in [0.1, 0.15) is 0 Å². The third kappa shape index (κ3) is 3.99. The Balaban J connectivity index is 1.30. The monoisotopic (exact) mass is 473 g/mol. The highest BCUT2D eigenvalue weighted by Gasteiger charge is 2.11. The number of aromatic nitrogens is 1. The Morgan fingerprint density at radius 3 is 1.51 bits per heavy atom. The van der Waals surface area contributed by atoms with Gasteiger partial charge in [-0.15, -0.1) is 0 Å². The zero-order valence-corrected chi connectivity index (χ0v) is 20.1. The van der Waals surface area contributed by atoms with Crippen LogP contribution < -0.4 is 0 Å². The Morgan fingerprint density at radius 1 is 0.351 bits per heavy atom. The standard InChI is InChI=1S/C35H23NO/c1-3-9-26(10-4-1)32-22-29(23-33(36-32)27-11-5-2-6-12-27)25-17-15-24(16-18-25)28-19-20-35-31(21-28)30-13-7-8-14-34(30)37-35/h1-23H. The van der Waals surface area contributed by atoms with Crippen LogP contribution in [0.25, 0.3) is 66.7 Å². The molecule has 174 valence electrons. The third-order valence-corrected chi connectivity index (χ3v) is 6.89. The van der Waals surface area contributed by atoms with Gasteiger partial charge in [0.1, 0.15) is 11.2 Å². The van der Waals surface area contributed by atoms with Gasteiger partial charge >= 0.3 is 0 Å². The number of pyridine rings is 1. The normalized spacial score (nSPS) is 11.2. The summed E-state index contributed by atoms with van der Waals surface area (Å²) in [5.41, 5.74) is 10.7. The maximum atomic E-state index is 6.01. The van der Waals surface area contributed by atoms with E-state index in [-0.39, 0.29) is 0 Å². The minimum absolute atomic E-state index is 0.917. The number of hydrogen-bond acceptors (Lipinski definition) is 2. The molecule has 0 saturated heterocycles. The van der Waals surface area contributed by atoms with Crippen molar-refractivity contribution in [2.24, 2.45) is 0 Å². The van der Waals surface area contributed by atoms with E-state index in [0.29, 0.717) is 0 Å². The van der Waals surface area contributed by atoms with Gasteiger partial charge in [-0.05, 0) is 52.6 Å². The number of benzene rings is 5. The molecule has 0 fully saturated rings. The first-order chi connectivity index (χ1) is 18.3. The molecule has 5 aromatic carbocycles. The molecule has 0 amide bonds. The lowest BCUT2D eigenvalue weighted by Crippen LogP contribution is -1.91. The van der Waals surface area contributed by atoms with Gasteiger partial charge in [0, 0.05) is 21.9 Å². The van der Waals surface area contributed by atoms with Crippen molar-refractivity contribution in [2.45, 2.75) is 0 Å². The summed E-state index contributed by atoms with van der Waals surface area (Å²) in [6.07, 6.45) is 0. The first-order valence-corrected chi connectivity index (χ1v) is 12.5. The van der Waals surface area contributed by atoms with Crippen LogP contribution in [0.4, 0.5) is 0 Å². The highest BCUT2D eigenvalue weighted by Crippen LogP contribution is 2.34. The van der Waals surface area contributed by atoms with Gasteiger partial charge in [0.15, 0.2) is 0 Å². The number of fused-ring (bicyclic) bond motifs is 3. The van der Waals surface area contributed by atoms with E-state index in [9.17, 15) is 0 Å². The summed E-state index contributed by atoms with van der Waals surface area (Å²) in [6.45, 7) is 0. The number of rotatable bonds is 4. The summed E-state index contributed by atoms with van der Waals surface area (Å²) in [5.74, 6) is 0. The molecule has 2 heterocycles. The van der Waals surface area contributed by atoms with Crippen LogP contribution in [0.5, 0.6) is 0 Å². The molecular weight excluding hydrogens is 450 g/mol. The lowest BCUT2D eigenvalue weighted by Gasteiger charge is -2.11. The van der Waals surface area contributed by atoms with Gasteiger partial charge in [-0.2, -0.15) is 0 Å². The zero-order chi connectivity index (χ0) is 24.6. The Morgan fingerprint density at radius 2 is 0.865 bits per heavy atom. The van der Waals surface area contributed by atoms with Gasteiger partial charge in [0.05, 0.1) is 11.4 Å². The topological polar surface area (TPSA) is 26.0 Å². The Kier molecular flexibility index (Phi) is 5.15. The third-order valence-electron chi connectivity index (χ3n) is 6.89. The van der Waals surface area contributed by atoms with Gasteiger partial charge < -0.3 is 4.42 Å². The molecule has 2 aromatic heterocycles. The van der Waals surface area contributed by atoms with Gasteiger partial charge in [-0.3, -0.25) is 0 Å². The molecule has 0 aliphatic rings. The molecule has 37 heavy (non-hydrogen) atoms. The largest absolute Gasteiger partial charge is 0.456 e. The van der Waals surface area contributed by atoms with Gasteiger partial charge in [-0.25, -0.2) is 4.98 Å². The van der Waals surface area contributed by atoms with E-state index in [1.54, 1.807) is 0 Å². The second-order valence-electron chi connectivity index (χ2n) is 9.24. The van der Waals surface area contributed by atoms with Crippen molar-refractivity contribution >= 4 is 21.9 Å². The lowest BCUT2D eigenvalue weighted by molar-refractivity contribution is 0.669. The van der Waals surface area contributed by atoms with Crippen molar-refractivity contribution in [2.75, 3.05) is 0 Å². The number of hydrogen-bond donors (Lipinski definition) is 0.